The summed E-state index contributed by atoms with van der Waals surface area (Å²) in [6, 6.07) is 0. The van der Waals surface area contributed by atoms with Gasteiger partial charge in [0.05, 0.1) is 0 Å². The van der Waals surface area contributed by atoms with Crippen LogP contribution in [0.25, 0.3) is 0 Å². The molecule has 0 aliphatic rings. The van der Waals surface area contributed by atoms with Crippen LogP contribution in [0.5, 0.6) is 0 Å². The van der Waals surface area contributed by atoms with Crippen LogP contribution in [0.3, 0.4) is 0 Å². The maximum atomic E-state index is 11.7. The van der Waals surface area contributed by atoms with Crippen LogP contribution in [-0.2, 0) is 13.6 Å². The molecule has 0 aliphatic heterocycles. The van der Waals surface area contributed by atoms with Gasteiger partial charge in [0.2, 0.25) is 0 Å². The Bertz CT molecular complexity index is 254. The fraction of sp³-hybridized carbons (Fsp3) is 1.00. The largest absolute Gasteiger partial charge is 0.697 e. The van der Waals surface area contributed by atoms with Gasteiger partial charge < -0.3 is 0 Å². The molecule has 0 unspecified atom stereocenters. The van der Waals surface area contributed by atoms with E-state index < -0.39 is 8.25 Å². The van der Waals surface area contributed by atoms with Gasteiger partial charge in [-0.1, -0.05) is 67.2 Å². The summed E-state index contributed by atoms with van der Waals surface area (Å²) in [5.74, 6) is 2.41. The molecule has 0 N–H and O–H groups in total. The van der Waals surface area contributed by atoms with E-state index in [9.17, 15) is 4.57 Å². The first-order valence-electron chi connectivity index (χ1n) is 9.04. The molecule has 0 saturated carbocycles. The molecule has 0 spiro atoms. The zero-order chi connectivity index (χ0) is 17.0. The summed E-state index contributed by atoms with van der Waals surface area (Å²) in [4.78, 5) is 0. The van der Waals surface area contributed by atoms with Crippen LogP contribution in [0, 0.1) is 23.7 Å². The van der Waals surface area contributed by atoms with Gasteiger partial charge in [0.15, 0.2) is 0 Å². The Hall–Kier alpha value is 0.0200. The predicted octanol–water partition coefficient (Wildman–Crippen LogP) is 6.60. The molecule has 0 amide bonds. The minimum Gasteiger partial charge on any atom is -0.119 e. The summed E-state index contributed by atoms with van der Waals surface area (Å²) in [5, 5.41) is 0. The molecule has 0 aliphatic carbocycles. The second-order valence-corrected chi connectivity index (χ2v) is 8.64. The lowest BCUT2D eigenvalue weighted by atomic mass is 10.0. The fourth-order valence-electron chi connectivity index (χ4n) is 2.33. The van der Waals surface area contributed by atoms with Crippen molar-refractivity contribution < 1.29 is 13.6 Å². The Morgan fingerprint density at radius 1 is 0.682 bits per heavy atom. The molecule has 0 aromatic heterocycles. The Morgan fingerprint density at radius 2 is 1.05 bits per heavy atom. The van der Waals surface area contributed by atoms with Crippen molar-refractivity contribution >= 4 is 8.25 Å². The van der Waals surface area contributed by atoms with E-state index in [1.165, 1.54) is 25.7 Å². The summed E-state index contributed by atoms with van der Waals surface area (Å²) in [7, 11) is -1.95. The fourth-order valence-corrected chi connectivity index (χ4v) is 3.16. The van der Waals surface area contributed by atoms with Crippen molar-refractivity contribution in [3.63, 3.8) is 0 Å². The first kappa shape index (κ1) is 22.0. The molecule has 0 radical (unpaired) electrons. The van der Waals surface area contributed by atoms with Crippen LogP contribution in [0.1, 0.15) is 80.1 Å². The Kier molecular flexibility index (Phi) is 13.5. The van der Waals surface area contributed by atoms with E-state index in [2.05, 4.69) is 41.5 Å². The van der Waals surface area contributed by atoms with Crippen LogP contribution in [0.2, 0.25) is 0 Å². The number of rotatable bonds is 14. The van der Waals surface area contributed by atoms with E-state index in [-0.39, 0.29) is 0 Å². The topological polar surface area (TPSA) is 35.5 Å². The summed E-state index contributed by atoms with van der Waals surface area (Å²) < 4.78 is 22.4. The highest BCUT2D eigenvalue weighted by atomic mass is 31.1. The number of hydrogen-bond acceptors (Lipinski definition) is 3. The van der Waals surface area contributed by atoms with Gasteiger partial charge in [-0.3, -0.25) is 0 Å². The van der Waals surface area contributed by atoms with Gasteiger partial charge >= 0.3 is 8.25 Å². The third kappa shape index (κ3) is 14.9. The predicted molar refractivity (Wildman–Crippen MR) is 95.2 cm³/mol. The van der Waals surface area contributed by atoms with Gasteiger partial charge in [-0.05, 0) is 36.5 Å². The molecular weight excluding hydrogens is 295 g/mol. The van der Waals surface area contributed by atoms with E-state index in [1.807, 2.05) is 0 Å². The first-order valence-corrected chi connectivity index (χ1v) is 10.1. The lowest BCUT2D eigenvalue weighted by Crippen LogP contribution is -2.06. The van der Waals surface area contributed by atoms with Gasteiger partial charge in [-0.15, -0.1) is 9.05 Å². The molecule has 0 fully saturated rings. The van der Waals surface area contributed by atoms with E-state index in [0.29, 0.717) is 25.0 Å². The quantitative estimate of drug-likeness (QED) is 0.336. The molecule has 0 rings (SSSR count). The molecule has 0 aromatic carbocycles. The molecule has 22 heavy (non-hydrogen) atoms. The lowest BCUT2D eigenvalue weighted by molar-refractivity contribution is 0.177. The Balaban J connectivity index is 3.59. The molecule has 4 heteroatoms. The maximum Gasteiger partial charge on any atom is 0.697 e. The second-order valence-electron chi connectivity index (χ2n) is 7.67. The van der Waals surface area contributed by atoms with Crippen LogP contribution >= 0.6 is 8.25 Å². The van der Waals surface area contributed by atoms with Crippen LogP contribution in [0.4, 0.5) is 0 Å². The standard InChI is InChI=1S/C18H38O3P/c1-15(2)9-7-11-17(5)13-20-22(19)21-14-18(6)12-8-10-16(3)4/h15-18H,7-14H2,1-6H3/q+1/t17-,18-/m0/s1. The lowest BCUT2D eigenvalue weighted by Gasteiger charge is -2.09. The van der Waals surface area contributed by atoms with E-state index in [4.69, 9.17) is 9.05 Å². The Morgan fingerprint density at radius 3 is 1.36 bits per heavy atom. The third-order valence-electron chi connectivity index (χ3n) is 3.89. The van der Waals surface area contributed by atoms with Crippen molar-refractivity contribution in [2.24, 2.45) is 23.7 Å². The van der Waals surface area contributed by atoms with Gasteiger partial charge in [0, 0.05) is 4.57 Å². The van der Waals surface area contributed by atoms with Crippen molar-refractivity contribution in [1.82, 2.24) is 0 Å². The van der Waals surface area contributed by atoms with Gasteiger partial charge in [0.25, 0.3) is 0 Å². The van der Waals surface area contributed by atoms with Gasteiger partial charge in [0.1, 0.15) is 13.2 Å². The minimum absolute atomic E-state index is 0.449. The smallest absolute Gasteiger partial charge is 0.119 e. The van der Waals surface area contributed by atoms with Crippen molar-refractivity contribution in [3.8, 4) is 0 Å². The Labute approximate surface area is 139 Å². The molecule has 2 atom stereocenters. The van der Waals surface area contributed by atoms with Crippen molar-refractivity contribution in [2.75, 3.05) is 13.2 Å². The summed E-state index contributed by atoms with van der Waals surface area (Å²) in [6.07, 6.45) is 7.20. The summed E-state index contributed by atoms with van der Waals surface area (Å²) in [6.45, 7) is 14.4. The van der Waals surface area contributed by atoms with E-state index in [1.54, 1.807) is 0 Å². The highest BCUT2D eigenvalue weighted by Crippen LogP contribution is 2.27. The van der Waals surface area contributed by atoms with Gasteiger partial charge in [-0.25, -0.2) is 0 Å². The molecule has 3 nitrogen and oxygen atoms in total. The average Bonchev–Trinajstić information content (AvgIpc) is 2.42. The zero-order valence-electron chi connectivity index (χ0n) is 15.6. The average molecular weight is 333 g/mol. The van der Waals surface area contributed by atoms with Gasteiger partial charge in [-0.2, -0.15) is 0 Å². The maximum absolute atomic E-state index is 11.7. The monoisotopic (exact) mass is 333 g/mol. The zero-order valence-corrected chi connectivity index (χ0v) is 16.5. The molecular formula is C18H38O3P+. The van der Waals surface area contributed by atoms with E-state index in [0.717, 1.165) is 24.7 Å². The first-order chi connectivity index (χ1) is 10.3. The summed E-state index contributed by atoms with van der Waals surface area (Å²) >= 11 is 0. The second kappa shape index (κ2) is 13.5. The minimum atomic E-state index is -1.95. The molecule has 0 bridgehead atoms. The SMILES string of the molecule is CC(C)CCC[C@H](C)CO[P+](=O)OC[C@@H](C)CCCC(C)C. The third-order valence-corrected chi connectivity index (χ3v) is 4.61. The molecule has 132 valence electrons. The van der Waals surface area contributed by atoms with Crippen LogP contribution in [0.15, 0.2) is 0 Å². The molecule has 0 saturated heterocycles. The van der Waals surface area contributed by atoms with Crippen molar-refractivity contribution in [1.29, 1.82) is 0 Å². The highest BCUT2D eigenvalue weighted by molar-refractivity contribution is 7.33. The normalized spacial score (nSPS) is 14.5. The van der Waals surface area contributed by atoms with Crippen molar-refractivity contribution in [3.05, 3.63) is 0 Å². The summed E-state index contributed by atoms with van der Waals surface area (Å²) in [5.41, 5.74) is 0. The van der Waals surface area contributed by atoms with Crippen LogP contribution in [-0.4, -0.2) is 13.2 Å². The number of hydrogen-bond donors (Lipinski definition) is 0. The molecule has 0 aromatic rings. The van der Waals surface area contributed by atoms with Crippen molar-refractivity contribution in [2.45, 2.75) is 80.1 Å². The highest BCUT2D eigenvalue weighted by Gasteiger charge is 2.23. The van der Waals surface area contributed by atoms with E-state index >= 15 is 0 Å². The van der Waals surface area contributed by atoms with Crippen LogP contribution < -0.4 is 0 Å². The molecule has 0 heterocycles.